The van der Waals surface area contributed by atoms with E-state index in [4.69, 9.17) is 16.7 Å². The Morgan fingerprint density at radius 1 is 1.55 bits per heavy atom. The molecular weight excluding hydrogens is 164 g/mol. The number of aromatic hydroxyl groups is 1. The van der Waals surface area contributed by atoms with Crippen molar-refractivity contribution in [1.29, 1.82) is 0 Å². The summed E-state index contributed by atoms with van der Waals surface area (Å²) in [5.41, 5.74) is 0.654. The van der Waals surface area contributed by atoms with Crippen LogP contribution in [0.2, 0.25) is 5.02 Å². The summed E-state index contributed by atoms with van der Waals surface area (Å²) >= 11 is 5.66. The number of rotatable bonds is 2. The monoisotopic (exact) mass is 170 g/mol. The molecule has 2 nitrogen and oxygen atoms in total. The van der Waals surface area contributed by atoms with Gasteiger partial charge in [0.25, 0.3) is 0 Å². The van der Waals surface area contributed by atoms with E-state index in [9.17, 15) is 4.79 Å². The summed E-state index contributed by atoms with van der Waals surface area (Å²) in [4.78, 5) is 10.1. The van der Waals surface area contributed by atoms with Gasteiger partial charge in [-0.3, -0.25) is 0 Å². The zero-order valence-electron chi connectivity index (χ0n) is 5.75. The van der Waals surface area contributed by atoms with Crippen LogP contribution >= 0.6 is 11.6 Å². The van der Waals surface area contributed by atoms with E-state index in [-0.39, 0.29) is 17.2 Å². The summed E-state index contributed by atoms with van der Waals surface area (Å²) in [7, 11) is 0. The predicted molar refractivity (Wildman–Crippen MR) is 42.9 cm³/mol. The summed E-state index contributed by atoms with van der Waals surface area (Å²) < 4.78 is 0. The number of aldehydes is 1. The second-order valence-corrected chi connectivity index (χ2v) is 2.50. The lowest BCUT2D eigenvalue weighted by Crippen LogP contribution is -1.86. The van der Waals surface area contributed by atoms with E-state index >= 15 is 0 Å². The van der Waals surface area contributed by atoms with Crippen LogP contribution in [-0.2, 0) is 11.2 Å². The SMILES string of the molecule is O=CCc1cccc(O)c1Cl. The van der Waals surface area contributed by atoms with Crippen LogP contribution in [0.5, 0.6) is 5.75 Å². The molecule has 58 valence electrons. The maximum absolute atomic E-state index is 10.1. The Balaban J connectivity index is 3.05. The molecule has 1 aromatic rings. The summed E-state index contributed by atoms with van der Waals surface area (Å²) in [5, 5.41) is 9.34. The molecule has 0 fully saturated rings. The summed E-state index contributed by atoms with van der Waals surface area (Å²) in [6.45, 7) is 0. The lowest BCUT2D eigenvalue weighted by molar-refractivity contribution is -0.107. The highest BCUT2D eigenvalue weighted by atomic mass is 35.5. The molecule has 0 unspecified atom stereocenters. The number of carbonyl (C=O) groups excluding carboxylic acids is 1. The molecule has 0 heterocycles. The number of phenols is 1. The fourth-order valence-corrected chi connectivity index (χ4v) is 1.02. The first kappa shape index (κ1) is 8.08. The van der Waals surface area contributed by atoms with Crippen molar-refractivity contribution < 1.29 is 9.90 Å². The molecule has 1 rings (SSSR count). The third-order valence-corrected chi connectivity index (χ3v) is 1.80. The number of carbonyl (C=O) groups is 1. The third kappa shape index (κ3) is 1.71. The minimum atomic E-state index is 0.0195. The van der Waals surface area contributed by atoms with Gasteiger partial charge in [-0.05, 0) is 11.6 Å². The molecule has 0 aromatic heterocycles. The van der Waals surface area contributed by atoms with Gasteiger partial charge in [-0.2, -0.15) is 0 Å². The Morgan fingerprint density at radius 3 is 2.91 bits per heavy atom. The van der Waals surface area contributed by atoms with Gasteiger partial charge in [-0.1, -0.05) is 23.7 Å². The van der Waals surface area contributed by atoms with Crippen LogP contribution in [0.25, 0.3) is 0 Å². The van der Waals surface area contributed by atoms with Crippen molar-refractivity contribution >= 4 is 17.9 Å². The summed E-state index contributed by atoms with van der Waals surface area (Å²) in [5.74, 6) is 0.0195. The van der Waals surface area contributed by atoms with Gasteiger partial charge in [-0.25, -0.2) is 0 Å². The van der Waals surface area contributed by atoms with Crippen LogP contribution in [0, 0.1) is 0 Å². The van der Waals surface area contributed by atoms with E-state index in [1.165, 1.54) is 6.07 Å². The second kappa shape index (κ2) is 3.39. The maximum Gasteiger partial charge on any atom is 0.134 e. The van der Waals surface area contributed by atoms with E-state index in [0.29, 0.717) is 5.56 Å². The Bertz CT molecular complexity index is 271. The smallest absolute Gasteiger partial charge is 0.134 e. The van der Waals surface area contributed by atoms with Crippen molar-refractivity contribution in [2.24, 2.45) is 0 Å². The van der Waals surface area contributed by atoms with Crippen molar-refractivity contribution in [2.45, 2.75) is 6.42 Å². The number of hydrogen-bond acceptors (Lipinski definition) is 2. The number of hydrogen-bond donors (Lipinski definition) is 1. The fourth-order valence-electron chi connectivity index (χ4n) is 0.814. The normalized spacial score (nSPS) is 9.55. The molecule has 0 saturated heterocycles. The van der Waals surface area contributed by atoms with E-state index < -0.39 is 0 Å². The predicted octanol–water partition coefficient (Wildman–Crippen LogP) is 1.79. The third-order valence-electron chi connectivity index (χ3n) is 1.36. The van der Waals surface area contributed by atoms with Crippen LogP contribution in [0.3, 0.4) is 0 Å². The first-order valence-electron chi connectivity index (χ1n) is 3.15. The molecule has 0 spiro atoms. The molecule has 0 aliphatic carbocycles. The number of benzene rings is 1. The van der Waals surface area contributed by atoms with Gasteiger partial charge in [0.1, 0.15) is 12.0 Å². The van der Waals surface area contributed by atoms with Crippen molar-refractivity contribution in [2.75, 3.05) is 0 Å². The quantitative estimate of drug-likeness (QED) is 0.688. The zero-order chi connectivity index (χ0) is 8.27. The average molecular weight is 171 g/mol. The topological polar surface area (TPSA) is 37.3 Å². The largest absolute Gasteiger partial charge is 0.506 e. The second-order valence-electron chi connectivity index (χ2n) is 2.12. The molecule has 1 aromatic carbocycles. The van der Waals surface area contributed by atoms with Crippen molar-refractivity contribution in [1.82, 2.24) is 0 Å². The standard InChI is InChI=1S/C8H7ClO2/c9-8-6(4-5-10)2-1-3-7(8)11/h1-3,5,11H,4H2. The zero-order valence-corrected chi connectivity index (χ0v) is 6.51. The Kier molecular flexibility index (Phi) is 2.49. The van der Waals surface area contributed by atoms with Crippen LogP contribution in [0.15, 0.2) is 18.2 Å². The van der Waals surface area contributed by atoms with Crippen molar-refractivity contribution in [3.8, 4) is 5.75 Å². The molecule has 1 N–H and O–H groups in total. The van der Waals surface area contributed by atoms with E-state index in [0.717, 1.165) is 6.29 Å². The maximum atomic E-state index is 10.1. The summed E-state index contributed by atoms with van der Waals surface area (Å²) in [6, 6.07) is 4.84. The molecule has 0 radical (unpaired) electrons. The van der Waals surface area contributed by atoms with Gasteiger partial charge in [0, 0.05) is 6.42 Å². The lowest BCUT2D eigenvalue weighted by Gasteiger charge is -2.00. The van der Waals surface area contributed by atoms with Gasteiger partial charge in [0.15, 0.2) is 0 Å². The summed E-state index contributed by atoms with van der Waals surface area (Å²) in [6.07, 6.45) is 0.994. The minimum absolute atomic E-state index is 0.0195. The van der Waals surface area contributed by atoms with Gasteiger partial charge >= 0.3 is 0 Å². The first-order chi connectivity index (χ1) is 5.25. The molecular formula is C8H7ClO2. The molecule has 0 amide bonds. The van der Waals surface area contributed by atoms with Gasteiger partial charge in [0.05, 0.1) is 5.02 Å². The fraction of sp³-hybridized carbons (Fsp3) is 0.125. The lowest BCUT2D eigenvalue weighted by atomic mass is 10.1. The Morgan fingerprint density at radius 2 is 2.27 bits per heavy atom. The van der Waals surface area contributed by atoms with E-state index in [2.05, 4.69) is 0 Å². The van der Waals surface area contributed by atoms with Crippen LogP contribution < -0.4 is 0 Å². The molecule has 0 aliphatic rings. The highest BCUT2D eigenvalue weighted by Gasteiger charge is 2.02. The molecule has 0 saturated carbocycles. The molecule has 11 heavy (non-hydrogen) atoms. The molecule has 0 bridgehead atoms. The average Bonchev–Trinajstić information content (AvgIpc) is 1.99. The highest BCUT2D eigenvalue weighted by Crippen LogP contribution is 2.26. The highest BCUT2D eigenvalue weighted by molar-refractivity contribution is 6.32. The minimum Gasteiger partial charge on any atom is -0.506 e. The van der Waals surface area contributed by atoms with Crippen LogP contribution in [0.4, 0.5) is 0 Å². The van der Waals surface area contributed by atoms with E-state index in [1.54, 1.807) is 12.1 Å². The molecule has 0 aliphatic heterocycles. The van der Waals surface area contributed by atoms with E-state index in [1.807, 2.05) is 0 Å². The molecule has 3 heteroatoms. The van der Waals surface area contributed by atoms with Crippen molar-refractivity contribution in [3.05, 3.63) is 28.8 Å². The van der Waals surface area contributed by atoms with Crippen LogP contribution in [0.1, 0.15) is 5.56 Å². The molecule has 0 atom stereocenters. The Hall–Kier alpha value is -1.02. The first-order valence-corrected chi connectivity index (χ1v) is 3.53. The number of phenolic OH excluding ortho intramolecular Hbond substituents is 1. The Labute approximate surface area is 69.4 Å². The van der Waals surface area contributed by atoms with Gasteiger partial charge in [0.2, 0.25) is 0 Å². The van der Waals surface area contributed by atoms with Gasteiger partial charge in [-0.15, -0.1) is 0 Å². The van der Waals surface area contributed by atoms with Crippen molar-refractivity contribution in [3.63, 3.8) is 0 Å². The number of halogens is 1. The van der Waals surface area contributed by atoms with Gasteiger partial charge < -0.3 is 9.90 Å². The van der Waals surface area contributed by atoms with Crippen LogP contribution in [-0.4, -0.2) is 11.4 Å².